The Bertz CT molecular complexity index is 1240. The molecule has 0 radical (unpaired) electrons. The third-order valence-corrected chi connectivity index (χ3v) is 5.78. The minimum atomic E-state index is -0.629. The molecule has 4 aromatic rings. The SMILES string of the molecule is CCOc1cc(F)c(CCc2ccc3c(F)c(CCc4ccc(F)cc4)ccc3c2)c(F)c1. The molecule has 33 heavy (non-hydrogen) atoms. The normalized spacial score (nSPS) is 11.2. The Kier molecular flexibility index (Phi) is 6.97. The van der Waals surface area contributed by atoms with Gasteiger partial charge in [-0.2, -0.15) is 0 Å². The van der Waals surface area contributed by atoms with Crippen LogP contribution in [0, 0.1) is 23.3 Å². The molecule has 0 saturated carbocycles. The van der Waals surface area contributed by atoms with Crippen molar-refractivity contribution in [3.05, 3.63) is 112 Å². The lowest BCUT2D eigenvalue weighted by atomic mass is 9.97. The van der Waals surface area contributed by atoms with E-state index in [1.807, 2.05) is 12.1 Å². The van der Waals surface area contributed by atoms with E-state index in [4.69, 9.17) is 4.74 Å². The van der Waals surface area contributed by atoms with Crippen LogP contribution >= 0.6 is 0 Å². The topological polar surface area (TPSA) is 9.23 Å². The number of fused-ring (bicyclic) bond motifs is 1. The maximum Gasteiger partial charge on any atom is 0.134 e. The van der Waals surface area contributed by atoms with Gasteiger partial charge in [0.1, 0.15) is 29.0 Å². The summed E-state index contributed by atoms with van der Waals surface area (Å²) in [6.45, 7) is 2.08. The number of hydrogen-bond donors (Lipinski definition) is 0. The van der Waals surface area contributed by atoms with Crippen LogP contribution in [0.4, 0.5) is 17.6 Å². The van der Waals surface area contributed by atoms with E-state index in [9.17, 15) is 13.2 Å². The number of ether oxygens (including phenoxy) is 1. The number of benzene rings is 4. The van der Waals surface area contributed by atoms with Crippen molar-refractivity contribution in [2.45, 2.75) is 32.6 Å². The first-order chi connectivity index (χ1) is 15.9. The Morgan fingerprint density at radius 2 is 1.33 bits per heavy atom. The van der Waals surface area contributed by atoms with Gasteiger partial charge in [0, 0.05) is 23.1 Å². The number of aryl methyl sites for hydroxylation is 3. The predicted molar refractivity (Wildman–Crippen MR) is 123 cm³/mol. The quantitative estimate of drug-likeness (QED) is 0.254. The van der Waals surface area contributed by atoms with Crippen molar-refractivity contribution in [2.75, 3.05) is 6.61 Å². The summed E-state index contributed by atoms with van der Waals surface area (Å²) < 4.78 is 61.9. The van der Waals surface area contributed by atoms with Crippen LogP contribution < -0.4 is 4.74 Å². The van der Waals surface area contributed by atoms with Gasteiger partial charge >= 0.3 is 0 Å². The molecule has 0 amide bonds. The second-order valence-electron chi connectivity index (χ2n) is 8.02. The average molecular weight is 452 g/mol. The van der Waals surface area contributed by atoms with E-state index in [1.165, 1.54) is 24.3 Å². The maximum absolute atomic E-state index is 15.1. The lowest BCUT2D eigenvalue weighted by Crippen LogP contribution is -2.01. The fourth-order valence-corrected chi connectivity index (χ4v) is 4.00. The van der Waals surface area contributed by atoms with Crippen molar-refractivity contribution in [3.8, 4) is 5.75 Å². The zero-order chi connectivity index (χ0) is 23.4. The van der Waals surface area contributed by atoms with Crippen molar-refractivity contribution in [3.63, 3.8) is 0 Å². The molecule has 0 fully saturated rings. The molecule has 5 heteroatoms. The highest BCUT2D eigenvalue weighted by molar-refractivity contribution is 5.84. The first kappa shape index (κ1) is 22.8. The first-order valence-electron chi connectivity index (χ1n) is 11.0. The molecular formula is C28H24F4O. The predicted octanol–water partition coefficient (Wildman–Crippen LogP) is 7.37. The molecule has 0 aliphatic heterocycles. The lowest BCUT2D eigenvalue weighted by molar-refractivity contribution is 0.335. The lowest BCUT2D eigenvalue weighted by Gasteiger charge is -2.11. The molecule has 4 rings (SSSR count). The number of rotatable bonds is 8. The Labute approximate surface area is 190 Å². The Morgan fingerprint density at radius 3 is 2.03 bits per heavy atom. The van der Waals surface area contributed by atoms with Gasteiger partial charge in [0.15, 0.2) is 0 Å². The molecular weight excluding hydrogens is 428 g/mol. The van der Waals surface area contributed by atoms with Gasteiger partial charge in [-0.25, -0.2) is 17.6 Å². The van der Waals surface area contributed by atoms with Gasteiger partial charge in [0.25, 0.3) is 0 Å². The molecule has 0 spiro atoms. The second-order valence-corrected chi connectivity index (χ2v) is 8.02. The fraction of sp³-hybridized carbons (Fsp3) is 0.214. The molecule has 0 bridgehead atoms. The summed E-state index contributed by atoms with van der Waals surface area (Å²) in [5.41, 5.74) is 2.42. The Balaban J connectivity index is 1.47. The molecule has 0 heterocycles. The van der Waals surface area contributed by atoms with E-state index in [2.05, 4.69) is 0 Å². The average Bonchev–Trinajstić information content (AvgIpc) is 2.79. The third kappa shape index (κ3) is 5.36. The van der Waals surface area contributed by atoms with E-state index in [1.54, 1.807) is 37.3 Å². The summed E-state index contributed by atoms with van der Waals surface area (Å²) >= 11 is 0. The van der Waals surface area contributed by atoms with Crippen LogP contribution in [0.25, 0.3) is 10.8 Å². The molecule has 0 aliphatic rings. The summed E-state index contributed by atoms with van der Waals surface area (Å²) in [6.07, 6.45) is 1.73. The summed E-state index contributed by atoms with van der Waals surface area (Å²) in [5, 5.41) is 1.25. The van der Waals surface area contributed by atoms with Crippen LogP contribution in [0.1, 0.15) is 29.2 Å². The van der Waals surface area contributed by atoms with E-state index in [0.717, 1.165) is 16.5 Å². The van der Waals surface area contributed by atoms with Gasteiger partial charge in [0.05, 0.1) is 6.61 Å². The minimum Gasteiger partial charge on any atom is -0.494 e. The van der Waals surface area contributed by atoms with Crippen LogP contribution in [0.3, 0.4) is 0 Å². The molecule has 0 saturated heterocycles. The second kappa shape index (κ2) is 10.1. The van der Waals surface area contributed by atoms with E-state index in [0.29, 0.717) is 36.8 Å². The standard InChI is InChI=1S/C28H24F4O/c1-2-33-23-16-26(30)25(27(31)17-23)14-7-19-6-13-24-21(15-19)10-9-20(28(24)32)8-3-18-4-11-22(29)12-5-18/h4-6,9-13,15-17H,2-3,7-8,14H2,1H3. The Morgan fingerprint density at radius 1 is 0.667 bits per heavy atom. The molecule has 4 aromatic carbocycles. The van der Waals surface area contributed by atoms with Crippen molar-refractivity contribution in [1.82, 2.24) is 0 Å². The van der Waals surface area contributed by atoms with E-state index < -0.39 is 11.6 Å². The van der Waals surface area contributed by atoms with Gasteiger partial charge in [-0.05, 0) is 66.8 Å². The van der Waals surface area contributed by atoms with E-state index >= 15 is 4.39 Å². The fourth-order valence-electron chi connectivity index (χ4n) is 4.00. The van der Waals surface area contributed by atoms with Crippen LogP contribution in [-0.4, -0.2) is 6.61 Å². The monoisotopic (exact) mass is 452 g/mol. The smallest absolute Gasteiger partial charge is 0.134 e. The van der Waals surface area contributed by atoms with Crippen molar-refractivity contribution >= 4 is 10.8 Å². The first-order valence-corrected chi connectivity index (χ1v) is 11.0. The number of halogens is 4. The van der Waals surface area contributed by atoms with Crippen LogP contribution in [0.2, 0.25) is 0 Å². The number of hydrogen-bond acceptors (Lipinski definition) is 1. The van der Waals surface area contributed by atoms with Gasteiger partial charge < -0.3 is 4.74 Å². The molecule has 0 unspecified atom stereocenters. The summed E-state index contributed by atoms with van der Waals surface area (Å²) in [5.74, 6) is -1.65. The zero-order valence-corrected chi connectivity index (χ0v) is 18.3. The maximum atomic E-state index is 15.1. The van der Waals surface area contributed by atoms with Gasteiger partial charge in [-0.1, -0.05) is 42.5 Å². The van der Waals surface area contributed by atoms with Crippen molar-refractivity contribution in [2.24, 2.45) is 0 Å². The van der Waals surface area contributed by atoms with Crippen molar-refractivity contribution < 1.29 is 22.3 Å². The third-order valence-electron chi connectivity index (χ3n) is 5.78. The minimum absolute atomic E-state index is 0.0147. The summed E-state index contributed by atoms with van der Waals surface area (Å²) in [7, 11) is 0. The molecule has 0 aliphatic carbocycles. The summed E-state index contributed by atoms with van der Waals surface area (Å²) in [4.78, 5) is 0. The van der Waals surface area contributed by atoms with Gasteiger partial charge in [-0.15, -0.1) is 0 Å². The molecule has 170 valence electrons. The van der Waals surface area contributed by atoms with E-state index in [-0.39, 0.29) is 29.4 Å². The Hall–Kier alpha value is -3.34. The zero-order valence-electron chi connectivity index (χ0n) is 18.3. The summed E-state index contributed by atoms with van der Waals surface area (Å²) in [6, 6.07) is 17.6. The highest BCUT2D eigenvalue weighted by Crippen LogP contribution is 2.26. The van der Waals surface area contributed by atoms with Crippen molar-refractivity contribution in [1.29, 1.82) is 0 Å². The van der Waals surface area contributed by atoms with Crippen LogP contribution in [-0.2, 0) is 25.7 Å². The van der Waals surface area contributed by atoms with Gasteiger partial charge in [-0.3, -0.25) is 0 Å². The van der Waals surface area contributed by atoms with Gasteiger partial charge in [0.2, 0.25) is 0 Å². The molecule has 0 atom stereocenters. The highest BCUT2D eigenvalue weighted by atomic mass is 19.1. The highest BCUT2D eigenvalue weighted by Gasteiger charge is 2.13. The largest absolute Gasteiger partial charge is 0.494 e. The van der Waals surface area contributed by atoms with Crippen LogP contribution in [0.15, 0.2) is 66.7 Å². The molecule has 1 nitrogen and oxygen atoms in total. The van der Waals surface area contributed by atoms with Crippen LogP contribution in [0.5, 0.6) is 5.75 Å². The molecule has 0 aromatic heterocycles. The molecule has 0 N–H and O–H groups in total.